The predicted octanol–water partition coefficient (Wildman–Crippen LogP) is 2.19. The number of carbonyl (C=O) groups excluding carboxylic acids is 1. The van der Waals surface area contributed by atoms with Crippen LogP contribution in [0.1, 0.15) is 54.5 Å². The number of aliphatic hydroxyl groups is 1. The van der Waals surface area contributed by atoms with Gasteiger partial charge in [0.05, 0.1) is 12.1 Å². The van der Waals surface area contributed by atoms with E-state index in [-0.39, 0.29) is 12.5 Å². The van der Waals surface area contributed by atoms with E-state index in [4.69, 9.17) is 4.42 Å². The van der Waals surface area contributed by atoms with E-state index in [1.54, 1.807) is 0 Å². The highest BCUT2D eigenvalue weighted by Crippen LogP contribution is 2.29. The molecule has 0 bridgehead atoms. The van der Waals surface area contributed by atoms with E-state index < -0.39 is 5.54 Å². The van der Waals surface area contributed by atoms with Gasteiger partial charge in [0, 0.05) is 12.0 Å². The van der Waals surface area contributed by atoms with Crippen molar-refractivity contribution in [3.8, 4) is 0 Å². The van der Waals surface area contributed by atoms with Crippen molar-refractivity contribution in [2.45, 2.75) is 51.5 Å². The van der Waals surface area contributed by atoms with E-state index in [2.05, 4.69) is 5.32 Å². The monoisotopic (exact) mass is 251 g/mol. The molecule has 0 saturated heterocycles. The summed E-state index contributed by atoms with van der Waals surface area (Å²) in [7, 11) is 0. The van der Waals surface area contributed by atoms with Gasteiger partial charge in [0.1, 0.15) is 5.76 Å². The van der Waals surface area contributed by atoms with Gasteiger partial charge in [0.15, 0.2) is 5.76 Å². The zero-order valence-corrected chi connectivity index (χ0v) is 11.1. The Labute approximate surface area is 107 Å². The molecule has 18 heavy (non-hydrogen) atoms. The van der Waals surface area contributed by atoms with Gasteiger partial charge in [-0.3, -0.25) is 4.79 Å². The lowest BCUT2D eigenvalue weighted by Crippen LogP contribution is -2.49. The van der Waals surface area contributed by atoms with E-state index >= 15 is 0 Å². The van der Waals surface area contributed by atoms with E-state index in [9.17, 15) is 9.90 Å². The summed E-state index contributed by atoms with van der Waals surface area (Å²) in [6.07, 6.45) is 4.57. The van der Waals surface area contributed by atoms with E-state index in [0.717, 1.165) is 43.4 Å². The molecule has 1 aliphatic carbocycles. The third-order valence-electron chi connectivity index (χ3n) is 3.77. The fourth-order valence-electron chi connectivity index (χ4n) is 2.62. The second-order valence-electron chi connectivity index (χ2n) is 5.18. The summed E-state index contributed by atoms with van der Waals surface area (Å²) in [6, 6.07) is 1.90. The summed E-state index contributed by atoms with van der Waals surface area (Å²) in [6.45, 7) is 3.86. The molecule has 1 amide bonds. The molecule has 0 unspecified atom stereocenters. The quantitative estimate of drug-likeness (QED) is 0.862. The van der Waals surface area contributed by atoms with Gasteiger partial charge in [-0.25, -0.2) is 0 Å². The normalized spacial score (nSPS) is 17.9. The second-order valence-corrected chi connectivity index (χ2v) is 5.18. The fourth-order valence-corrected chi connectivity index (χ4v) is 2.62. The molecule has 1 heterocycles. The third-order valence-corrected chi connectivity index (χ3v) is 3.77. The summed E-state index contributed by atoms with van der Waals surface area (Å²) < 4.78 is 5.53. The topological polar surface area (TPSA) is 62.5 Å². The van der Waals surface area contributed by atoms with Crippen LogP contribution in [-0.4, -0.2) is 23.2 Å². The van der Waals surface area contributed by atoms with Crippen molar-refractivity contribution >= 4 is 5.91 Å². The number of hydrogen-bond acceptors (Lipinski definition) is 3. The average Bonchev–Trinajstić information content (AvgIpc) is 2.96. The highest BCUT2D eigenvalue weighted by Gasteiger charge is 2.35. The number of aryl methyl sites for hydroxylation is 2. The van der Waals surface area contributed by atoms with Crippen LogP contribution in [-0.2, 0) is 6.42 Å². The maximum atomic E-state index is 12.2. The Balaban J connectivity index is 2.13. The number of aliphatic hydroxyl groups excluding tert-OH is 1. The van der Waals surface area contributed by atoms with Gasteiger partial charge in [0.25, 0.3) is 5.91 Å². The minimum absolute atomic E-state index is 0.000862. The minimum Gasteiger partial charge on any atom is -0.456 e. The van der Waals surface area contributed by atoms with Crippen LogP contribution in [0.3, 0.4) is 0 Å². The molecular weight excluding hydrogens is 230 g/mol. The summed E-state index contributed by atoms with van der Waals surface area (Å²) >= 11 is 0. The summed E-state index contributed by atoms with van der Waals surface area (Å²) in [5.41, 5.74) is 0.415. The van der Waals surface area contributed by atoms with E-state index in [0.29, 0.717) is 5.76 Å². The Kier molecular flexibility index (Phi) is 3.76. The molecule has 4 heteroatoms. The smallest absolute Gasteiger partial charge is 0.287 e. The molecule has 1 aromatic heterocycles. The summed E-state index contributed by atoms with van der Waals surface area (Å²) in [4.78, 5) is 12.2. The number of carbonyl (C=O) groups is 1. The first-order chi connectivity index (χ1) is 8.60. The van der Waals surface area contributed by atoms with Crippen molar-refractivity contribution in [1.82, 2.24) is 5.32 Å². The van der Waals surface area contributed by atoms with Gasteiger partial charge < -0.3 is 14.8 Å². The zero-order valence-electron chi connectivity index (χ0n) is 11.1. The van der Waals surface area contributed by atoms with Crippen LogP contribution in [0.4, 0.5) is 0 Å². The highest BCUT2D eigenvalue weighted by atomic mass is 16.4. The molecule has 100 valence electrons. The minimum atomic E-state index is -0.442. The Bertz CT molecular complexity index is 430. The van der Waals surface area contributed by atoms with Gasteiger partial charge in [-0.1, -0.05) is 19.8 Å². The number of nitrogens with one attached hydrogen (secondary N) is 1. The Hall–Kier alpha value is -1.29. The summed E-state index contributed by atoms with van der Waals surface area (Å²) in [5, 5.41) is 12.4. The van der Waals surface area contributed by atoms with Crippen LogP contribution in [0, 0.1) is 6.92 Å². The molecule has 0 atom stereocenters. The van der Waals surface area contributed by atoms with Gasteiger partial charge in [-0.05, 0) is 25.8 Å². The predicted molar refractivity (Wildman–Crippen MR) is 68.6 cm³/mol. The van der Waals surface area contributed by atoms with Crippen molar-refractivity contribution in [1.29, 1.82) is 0 Å². The molecule has 0 aromatic carbocycles. The van der Waals surface area contributed by atoms with Gasteiger partial charge in [-0.15, -0.1) is 0 Å². The van der Waals surface area contributed by atoms with Crippen molar-refractivity contribution in [2.75, 3.05) is 6.61 Å². The number of furan rings is 1. The molecule has 2 N–H and O–H groups in total. The van der Waals surface area contributed by atoms with Crippen molar-refractivity contribution in [3.63, 3.8) is 0 Å². The van der Waals surface area contributed by atoms with Crippen LogP contribution in [0.5, 0.6) is 0 Å². The maximum absolute atomic E-state index is 12.2. The van der Waals surface area contributed by atoms with Crippen LogP contribution in [0.15, 0.2) is 10.5 Å². The lowest BCUT2D eigenvalue weighted by Gasteiger charge is -2.27. The number of rotatable bonds is 4. The second kappa shape index (κ2) is 5.14. The number of hydrogen-bond donors (Lipinski definition) is 2. The molecule has 1 fully saturated rings. The van der Waals surface area contributed by atoms with Crippen LogP contribution >= 0.6 is 0 Å². The Morgan fingerprint density at radius 3 is 2.67 bits per heavy atom. The molecule has 0 aliphatic heterocycles. The standard InChI is InChI=1S/C14H21NO3/c1-3-11-8-10(2)12(18-11)13(17)15-14(9-16)6-4-5-7-14/h8,16H,3-7,9H2,1-2H3,(H,15,17). The van der Waals surface area contributed by atoms with E-state index in [1.165, 1.54) is 0 Å². The Morgan fingerprint density at radius 2 is 2.17 bits per heavy atom. The van der Waals surface area contributed by atoms with Gasteiger partial charge in [-0.2, -0.15) is 0 Å². The van der Waals surface area contributed by atoms with E-state index in [1.807, 2.05) is 19.9 Å². The molecule has 1 aromatic rings. The molecule has 4 nitrogen and oxygen atoms in total. The largest absolute Gasteiger partial charge is 0.456 e. The first-order valence-corrected chi connectivity index (χ1v) is 6.63. The number of amides is 1. The zero-order chi connectivity index (χ0) is 13.2. The van der Waals surface area contributed by atoms with Crippen molar-refractivity contribution in [2.24, 2.45) is 0 Å². The first kappa shape index (κ1) is 13.1. The Morgan fingerprint density at radius 1 is 1.50 bits per heavy atom. The van der Waals surface area contributed by atoms with Crippen LogP contribution < -0.4 is 5.32 Å². The molecule has 0 radical (unpaired) electrons. The lowest BCUT2D eigenvalue weighted by atomic mass is 9.98. The molecule has 1 aliphatic rings. The average molecular weight is 251 g/mol. The van der Waals surface area contributed by atoms with Crippen molar-refractivity contribution in [3.05, 3.63) is 23.2 Å². The van der Waals surface area contributed by atoms with Crippen LogP contribution in [0.25, 0.3) is 0 Å². The van der Waals surface area contributed by atoms with Gasteiger partial charge >= 0.3 is 0 Å². The molecule has 0 spiro atoms. The maximum Gasteiger partial charge on any atom is 0.287 e. The molecule has 2 rings (SSSR count). The third kappa shape index (κ3) is 2.43. The van der Waals surface area contributed by atoms with Crippen molar-refractivity contribution < 1.29 is 14.3 Å². The summed E-state index contributed by atoms with van der Waals surface area (Å²) in [5.74, 6) is 0.997. The lowest BCUT2D eigenvalue weighted by molar-refractivity contribution is 0.0808. The molecule has 1 saturated carbocycles. The SMILES string of the molecule is CCc1cc(C)c(C(=O)NC2(CO)CCCC2)o1. The molecular formula is C14H21NO3. The van der Waals surface area contributed by atoms with Crippen LogP contribution in [0.2, 0.25) is 0 Å². The highest BCUT2D eigenvalue weighted by molar-refractivity contribution is 5.93. The fraction of sp³-hybridized carbons (Fsp3) is 0.643. The first-order valence-electron chi connectivity index (χ1n) is 6.63. The van der Waals surface area contributed by atoms with Gasteiger partial charge in [0.2, 0.25) is 0 Å².